The maximum atomic E-state index is 12.7. The molecule has 1 aromatic heterocycles. The van der Waals surface area contributed by atoms with Crippen LogP contribution in [0.4, 0.5) is 22.0 Å². The summed E-state index contributed by atoms with van der Waals surface area (Å²) in [6, 6.07) is 8.08. The Bertz CT molecular complexity index is 1050. The first-order chi connectivity index (χ1) is 16.4. The van der Waals surface area contributed by atoms with Crippen LogP contribution < -0.4 is 21.3 Å². The third kappa shape index (κ3) is 5.26. The predicted octanol–water partition coefficient (Wildman–Crippen LogP) is 1.63. The van der Waals surface area contributed by atoms with E-state index >= 15 is 0 Å². The lowest BCUT2D eigenvalue weighted by molar-refractivity contribution is 0.0303. The van der Waals surface area contributed by atoms with Gasteiger partial charge in [-0.25, -0.2) is 9.78 Å². The van der Waals surface area contributed by atoms with Crippen LogP contribution >= 0.6 is 0 Å². The maximum absolute atomic E-state index is 12.7. The van der Waals surface area contributed by atoms with Gasteiger partial charge in [-0.05, 0) is 43.7 Å². The van der Waals surface area contributed by atoms with Crippen molar-refractivity contribution < 1.29 is 24.2 Å². The molecule has 0 aliphatic carbocycles. The first-order valence-electron chi connectivity index (χ1n) is 11.2. The zero-order chi connectivity index (χ0) is 24.1. The summed E-state index contributed by atoms with van der Waals surface area (Å²) in [5.41, 5.74) is 7.14. The molecular formula is C23H28N6O5. The second-order valence-corrected chi connectivity index (χ2v) is 8.21. The monoisotopic (exact) mass is 468 g/mol. The number of pyridine rings is 1. The third-order valence-corrected chi connectivity index (χ3v) is 5.95. The van der Waals surface area contributed by atoms with Crippen LogP contribution in [0.2, 0.25) is 0 Å². The van der Waals surface area contributed by atoms with Crippen molar-refractivity contribution in [1.29, 1.82) is 0 Å². The summed E-state index contributed by atoms with van der Waals surface area (Å²) in [4.78, 5) is 43.8. The van der Waals surface area contributed by atoms with E-state index < -0.39 is 12.0 Å². The number of carbonyl (C=O) groups is 3. The molecule has 0 spiro atoms. The van der Waals surface area contributed by atoms with Gasteiger partial charge in [0.2, 0.25) is 0 Å². The number of benzene rings is 1. The molecule has 2 aliphatic rings. The van der Waals surface area contributed by atoms with Gasteiger partial charge >= 0.3 is 6.09 Å². The molecule has 1 aromatic carbocycles. The molecule has 2 saturated heterocycles. The van der Waals surface area contributed by atoms with Gasteiger partial charge in [0.25, 0.3) is 11.8 Å². The number of aromatic nitrogens is 1. The Morgan fingerprint density at radius 3 is 2.56 bits per heavy atom. The summed E-state index contributed by atoms with van der Waals surface area (Å²) in [6.45, 7) is 3.52. The minimum absolute atomic E-state index is 0.0722. The molecule has 1 unspecified atom stereocenters. The first-order valence-corrected chi connectivity index (χ1v) is 11.2. The molecule has 0 bridgehead atoms. The average molecular weight is 469 g/mol. The molecule has 11 nitrogen and oxygen atoms in total. The van der Waals surface area contributed by atoms with Gasteiger partial charge < -0.3 is 31.1 Å². The highest BCUT2D eigenvalue weighted by molar-refractivity contribution is 6.00. The Labute approximate surface area is 196 Å². The van der Waals surface area contributed by atoms with E-state index in [-0.39, 0.29) is 23.3 Å². The number of morpholine rings is 1. The second-order valence-electron chi connectivity index (χ2n) is 8.21. The molecule has 34 heavy (non-hydrogen) atoms. The van der Waals surface area contributed by atoms with Crippen LogP contribution in [0.25, 0.3) is 0 Å². The van der Waals surface area contributed by atoms with E-state index in [1.807, 2.05) is 0 Å². The van der Waals surface area contributed by atoms with E-state index in [2.05, 4.69) is 15.6 Å². The topological polar surface area (TPSA) is 150 Å². The van der Waals surface area contributed by atoms with E-state index in [1.165, 1.54) is 17.2 Å². The molecule has 3 heterocycles. The van der Waals surface area contributed by atoms with E-state index in [1.54, 1.807) is 29.2 Å². The lowest BCUT2D eigenvalue weighted by Crippen LogP contribution is -2.48. The van der Waals surface area contributed by atoms with Crippen molar-refractivity contribution in [3.63, 3.8) is 0 Å². The smallest absolute Gasteiger partial charge is 0.413 e. The number of nitrogens with zero attached hydrogens (tertiary/aromatic N) is 3. The lowest BCUT2D eigenvalue weighted by atomic mass is 10.1. The highest BCUT2D eigenvalue weighted by Crippen LogP contribution is 2.27. The largest absolute Gasteiger partial charge is 0.465 e. The standard InChI is InChI=1S/C23H28N6O5/c24-21(30)18-14-26-20(29(23(32)33)17-2-1-7-25-13-17)12-19(18)27-16-5-3-15(4-6-16)22(31)28-8-10-34-11-9-28/h3-6,12,14,17,25H,1-2,7-11,13H2,(H2,24,30)(H,26,27)(H,32,33). The molecule has 2 aliphatic heterocycles. The SMILES string of the molecule is NC(=O)c1cnc(N(C(=O)O)C2CCCNC2)cc1Nc1ccc(C(=O)N2CCOCC2)cc1. The van der Waals surface area contributed by atoms with Crippen molar-refractivity contribution in [2.45, 2.75) is 18.9 Å². The number of ether oxygens (including phenoxy) is 1. The molecule has 2 aromatic rings. The minimum atomic E-state index is -1.12. The van der Waals surface area contributed by atoms with Crippen LogP contribution in [0.5, 0.6) is 0 Å². The molecule has 1 atom stereocenters. The zero-order valence-corrected chi connectivity index (χ0v) is 18.7. The highest BCUT2D eigenvalue weighted by Gasteiger charge is 2.28. The first kappa shape index (κ1) is 23.5. The quantitative estimate of drug-likeness (QED) is 0.500. The minimum Gasteiger partial charge on any atom is -0.465 e. The fourth-order valence-electron chi connectivity index (χ4n) is 4.17. The maximum Gasteiger partial charge on any atom is 0.413 e. The van der Waals surface area contributed by atoms with Gasteiger partial charge in [-0.2, -0.15) is 0 Å². The summed E-state index contributed by atoms with van der Waals surface area (Å²) >= 11 is 0. The molecule has 5 N–H and O–H groups in total. The lowest BCUT2D eigenvalue weighted by Gasteiger charge is -2.32. The summed E-state index contributed by atoms with van der Waals surface area (Å²) in [5.74, 6) is -0.563. The van der Waals surface area contributed by atoms with Crippen LogP contribution in [0, 0.1) is 0 Å². The molecule has 4 rings (SSSR count). The van der Waals surface area contributed by atoms with Crippen molar-refractivity contribution in [2.75, 3.05) is 49.6 Å². The number of piperidine rings is 1. The van der Waals surface area contributed by atoms with E-state index in [0.717, 1.165) is 13.0 Å². The van der Waals surface area contributed by atoms with Crippen molar-refractivity contribution in [3.8, 4) is 0 Å². The molecule has 0 saturated carbocycles. The van der Waals surface area contributed by atoms with Crippen molar-refractivity contribution >= 4 is 35.1 Å². The number of hydrogen-bond donors (Lipinski definition) is 4. The molecule has 11 heteroatoms. The molecule has 3 amide bonds. The third-order valence-electron chi connectivity index (χ3n) is 5.95. The average Bonchev–Trinajstić information content (AvgIpc) is 2.85. The Hall–Kier alpha value is -3.70. The van der Waals surface area contributed by atoms with E-state index in [4.69, 9.17) is 10.5 Å². The van der Waals surface area contributed by atoms with Crippen molar-refractivity contribution in [2.24, 2.45) is 5.73 Å². The normalized spacial score (nSPS) is 18.2. The zero-order valence-electron chi connectivity index (χ0n) is 18.7. The Morgan fingerprint density at radius 2 is 1.94 bits per heavy atom. The Balaban J connectivity index is 1.57. The van der Waals surface area contributed by atoms with Gasteiger partial charge in [0.05, 0.1) is 30.5 Å². The summed E-state index contributed by atoms with van der Waals surface area (Å²) < 4.78 is 5.29. The van der Waals surface area contributed by atoms with Gasteiger partial charge in [-0.15, -0.1) is 0 Å². The van der Waals surface area contributed by atoms with Crippen LogP contribution in [0.1, 0.15) is 33.6 Å². The van der Waals surface area contributed by atoms with Crippen molar-refractivity contribution in [1.82, 2.24) is 15.2 Å². The molecular weight excluding hydrogens is 440 g/mol. The second kappa shape index (κ2) is 10.5. The van der Waals surface area contributed by atoms with Gasteiger partial charge in [0.15, 0.2) is 0 Å². The number of nitrogens with one attached hydrogen (secondary N) is 2. The number of nitrogens with two attached hydrogens (primary N) is 1. The fraction of sp³-hybridized carbons (Fsp3) is 0.391. The number of hydrogen-bond acceptors (Lipinski definition) is 7. The summed E-state index contributed by atoms with van der Waals surface area (Å²) in [6.07, 6.45) is 1.72. The molecule has 180 valence electrons. The van der Waals surface area contributed by atoms with Crippen LogP contribution in [0.3, 0.4) is 0 Å². The van der Waals surface area contributed by atoms with Crippen LogP contribution in [0.15, 0.2) is 36.5 Å². The molecule has 2 fully saturated rings. The number of carbonyl (C=O) groups excluding carboxylic acids is 2. The van der Waals surface area contributed by atoms with E-state index in [0.29, 0.717) is 56.2 Å². The predicted molar refractivity (Wildman–Crippen MR) is 126 cm³/mol. The number of rotatable bonds is 6. The van der Waals surface area contributed by atoms with Gasteiger partial charge in [0.1, 0.15) is 5.82 Å². The van der Waals surface area contributed by atoms with E-state index in [9.17, 15) is 19.5 Å². The number of carboxylic acid groups (broad SMARTS) is 1. The molecule has 0 radical (unpaired) electrons. The van der Waals surface area contributed by atoms with Gasteiger partial charge in [0, 0.05) is 43.1 Å². The summed E-state index contributed by atoms with van der Waals surface area (Å²) in [7, 11) is 0. The van der Waals surface area contributed by atoms with Crippen molar-refractivity contribution in [3.05, 3.63) is 47.7 Å². The Morgan fingerprint density at radius 1 is 1.21 bits per heavy atom. The summed E-state index contributed by atoms with van der Waals surface area (Å²) in [5, 5.41) is 16.1. The fourth-order valence-corrected chi connectivity index (χ4v) is 4.17. The number of primary amides is 1. The van der Waals surface area contributed by atoms with Gasteiger partial charge in [-0.3, -0.25) is 14.5 Å². The van der Waals surface area contributed by atoms with Gasteiger partial charge in [-0.1, -0.05) is 0 Å². The number of amides is 3. The van der Waals surface area contributed by atoms with Crippen LogP contribution in [-0.4, -0.2) is 78.3 Å². The Kier molecular flexibility index (Phi) is 7.24. The highest BCUT2D eigenvalue weighted by atomic mass is 16.5. The number of anilines is 3. The van der Waals surface area contributed by atoms with Crippen LogP contribution in [-0.2, 0) is 4.74 Å².